The van der Waals surface area contributed by atoms with Crippen LogP contribution in [0.2, 0.25) is 0 Å². The van der Waals surface area contributed by atoms with Gasteiger partial charge in [0.2, 0.25) is 0 Å². The third kappa shape index (κ3) is 3.10. The molecule has 2 aromatic carbocycles. The molecule has 0 spiro atoms. The highest BCUT2D eigenvalue weighted by Gasteiger charge is 2.14. The lowest BCUT2D eigenvalue weighted by atomic mass is 10.2. The summed E-state index contributed by atoms with van der Waals surface area (Å²) in [5, 5.41) is 3.69. The second-order valence-corrected chi connectivity index (χ2v) is 5.38. The number of nitrogens with one attached hydrogen (secondary N) is 1. The first-order valence-corrected chi connectivity index (χ1v) is 7.22. The van der Waals surface area contributed by atoms with Crippen LogP contribution in [-0.2, 0) is 18.4 Å². The predicted octanol–water partition coefficient (Wildman–Crippen LogP) is 3.72. The van der Waals surface area contributed by atoms with Crippen molar-refractivity contribution in [2.75, 3.05) is 12.4 Å². The van der Waals surface area contributed by atoms with Crippen molar-refractivity contribution in [3.05, 3.63) is 65.6 Å². The van der Waals surface area contributed by atoms with Crippen molar-refractivity contribution in [2.24, 2.45) is 7.05 Å². The molecule has 1 amide bonds. The molecule has 0 aliphatic rings. The van der Waals surface area contributed by atoms with E-state index in [-0.39, 0.29) is 11.7 Å². The van der Waals surface area contributed by atoms with Crippen molar-refractivity contribution in [2.45, 2.75) is 6.61 Å². The van der Waals surface area contributed by atoms with Crippen LogP contribution in [0.25, 0.3) is 10.9 Å². The summed E-state index contributed by atoms with van der Waals surface area (Å²) in [5.74, 6) is -0.559. The minimum atomic E-state index is -0.321. The highest BCUT2D eigenvalue weighted by atomic mass is 19.1. The molecule has 4 nitrogen and oxygen atoms in total. The molecule has 0 fully saturated rings. The molecule has 0 saturated heterocycles. The summed E-state index contributed by atoms with van der Waals surface area (Å²) in [6.07, 6.45) is 0. The number of anilines is 1. The number of hydrogen-bond donors (Lipinski definition) is 1. The largest absolute Gasteiger partial charge is 0.380 e. The van der Waals surface area contributed by atoms with E-state index in [4.69, 9.17) is 4.74 Å². The van der Waals surface area contributed by atoms with Crippen LogP contribution in [0, 0.1) is 5.82 Å². The number of amides is 1. The molecule has 118 valence electrons. The van der Waals surface area contributed by atoms with Gasteiger partial charge in [-0.2, -0.15) is 0 Å². The minimum absolute atomic E-state index is 0.237. The van der Waals surface area contributed by atoms with E-state index in [9.17, 15) is 9.18 Å². The van der Waals surface area contributed by atoms with Crippen LogP contribution in [0.1, 0.15) is 16.1 Å². The number of aryl methyl sites for hydroxylation is 1. The number of carbonyl (C=O) groups is 1. The van der Waals surface area contributed by atoms with E-state index in [0.717, 1.165) is 10.9 Å². The summed E-state index contributed by atoms with van der Waals surface area (Å²) < 4.78 is 20.1. The standard InChI is InChI=1S/C18H17FN2O2/c1-21-16-10-14(19)7-6-13(16)9-17(21)18(22)20-15-5-3-4-12(8-15)11-23-2/h3-10H,11H2,1-2H3,(H,20,22). The first-order valence-electron chi connectivity index (χ1n) is 7.22. The molecule has 1 heterocycles. The van der Waals surface area contributed by atoms with Crippen LogP contribution in [0.3, 0.4) is 0 Å². The fourth-order valence-electron chi connectivity index (χ4n) is 2.62. The molecule has 23 heavy (non-hydrogen) atoms. The van der Waals surface area contributed by atoms with Gasteiger partial charge in [-0.25, -0.2) is 4.39 Å². The number of benzene rings is 2. The summed E-state index contributed by atoms with van der Waals surface area (Å²) in [5.41, 5.74) is 2.83. The maximum Gasteiger partial charge on any atom is 0.272 e. The fraction of sp³-hybridized carbons (Fsp3) is 0.167. The molecule has 1 aromatic heterocycles. The lowest BCUT2D eigenvalue weighted by molar-refractivity contribution is 0.101. The van der Waals surface area contributed by atoms with Crippen molar-refractivity contribution >= 4 is 22.5 Å². The zero-order valence-electron chi connectivity index (χ0n) is 13.0. The van der Waals surface area contributed by atoms with Gasteiger partial charge >= 0.3 is 0 Å². The van der Waals surface area contributed by atoms with E-state index in [1.807, 2.05) is 24.3 Å². The molecule has 1 N–H and O–H groups in total. The van der Waals surface area contributed by atoms with E-state index in [1.165, 1.54) is 12.1 Å². The van der Waals surface area contributed by atoms with Crippen molar-refractivity contribution in [3.8, 4) is 0 Å². The Balaban J connectivity index is 1.89. The lowest BCUT2D eigenvalue weighted by Crippen LogP contribution is -2.15. The van der Waals surface area contributed by atoms with Gasteiger partial charge in [-0.3, -0.25) is 4.79 Å². The Labute approximate surface area is 133 Å². The Bertz CT molecular complexity index is 871. The molecule has 0 atom stereocenters. The van der Waals surface area contributed by atoms with Gasteiger partial charge in [0.25, 0.3) is 5.91 Å². The molecule has 5 heteroatoms. The fourth-order valence-corrected chi connectivity index (χ4v) is 2.62. The van der Waals surface area contributed by atoms with Crippen LogP contribution in [0.15, 0.2) is 48.5 Å². The average Bonchev–Trinajstić information content (AvgIpc) is 2.85. The lowest BCUT2D eigenvalue weighted by Gasteiger charge is -2.08. The van der Waals surface area contributed by atoms with Gasteiger partial charge in [-0.1, -0.05) is 12.1 Å². The van der Waals surface area contributed by atoms with Gasteiger partial charge in [-0.05, 0) is 42.0 Å². The summed E-state index contributed by atoms with van der Waals surface area (Å²) in [7, 11) is 3.37. The molecule has 0 aliphatic carbocycles. The molecule has 0 saturated carbocycles. The van der Waals surface area contributed by atoms with Crippen LogP contribution in [0.5, 0.6) is 0 Å². The number of halogens is 1. The van der Waals surface area contributed by atoms with Crippen LogP contribution in [0.4, 0.5) is 10.1 Å². The Morgan fingerprint density at radius 3 is 2.83 bits per heavy atom. The zero-order valence-corrected chi connectivity index (χ0v) is 13.0. The first-order chi connectivity index (χ1) is 11.1. The summed E-state index contributed by atoms with van der Waals surface area (Å²) in [4.78, 5) is 12.5. The summed E-state index contributed by atoms with van der Waals surface area (Å²) >= 11 is 0. The zero-order chi connectivity index (χ0) is 16.4. The van der Waals surface area contributed by atoms with Gasteiger partial charge in [0.05, 0.1) is 12.1 Å². The Morgan fingerprint density at radius 1 is 1.22 bits per heavy atom. The second-order valence-electron chi connectivity index (χ2n) is 5.38. The van der Waals surface area contributed by atoms with Gasteiger partial charge in [0.1, 0.15) is 11.5 Å². The summed E-state index contributed by atoms with van der Waals surface area (Å²) in [6, 6.07) is 13.7. The number of ether oxygens (including phenoxy) is 1. The first kappa shape index (κ1) is 15.2. The van der Waals surface area contributed by atoms with Crippen LogP contribution >= 0.6 is 0 Å². The second kappa shape index (κ2) is 6.22. The van der Waals surface area contributed by atoms with Crippen LogP contribution < -0.4 is 5.32 Å². The molecule has 0 unspecified atom stereocenters. The molecular formula is C18H17FN2O2. The molecule has 0 aliphatic heterocycles. The monoisotopic (exact) mass is 312 g/mol. The highest BCUT2D eigenvalue weighted by molar-refractivity contribution is 6.06. The van der Waals surface area contributed by atoms with Gasteiger partial charge in [0, 0.05) is 25.2 Å². The topological polar surface area (TPSA) is 43.3 Å². The Hall–Kier alpha value is -2.66. The van der Waals surface area contributed by atoms with Gasteiger partial charge in [0.15, 0.2) is 0 Å². The van der Waals surface area contributed by atoms with E-state index < -0.39 is 0 Å². The van der Waals surface area contributed by atoms with Crippen LogP contribution in [-0.4, -0.2) is 17.6 Å². The molecule has 0 radical (unpaired) electrons. The Morgan fingerprint density at radius 2 is 2.04 bits per heavy atom. The number of nitrogens with zero attached hydrogens (tertiary/aromatic N) is 1. The van der Waals surface area contributed by atoms with E-state index >= 15 is 0 Å². The molecule has 0 bridgehead atoms. The van der Waals surface area contributed by atoms with Gasteiger partial charge < -0.3 is 14.6 Å². The summed E-state index contributed by atoms with van der Waals surface area (Å²) in [6.45, 7) is 0.483. The highest BCUT2D eigenvalue weighted by Crippen LogP contribution is 2.21. The number of aromatic nitrogens is 1. The maximum atomic E-state index is 13.4. The number of carbonyl (C=O) groups excluding carboxylic acids is 1. The number of fused-ring (bicyclic) bond motifs is 1. The van der Waals surface area contributed by atoms with E-state index in [1.54, 1.807) is 30.9 Å². The molecule has 3 rings (SSSR count). The normalized spacial score (nSPS) is 10.9. The number of rotatable bonds is 4. The smallest absolute Gasteiger partial charge is 0.272 e. The number of hydrogen-bond acceptors (Lipinski definition) is 2. The minimum Gasteiger partial charge on any atom is -0.380 e. The third-order valence-corrected chi connectivity index (χ3v) is 3.74. The van der Waals surface area contributed by atoms with E-state index in [0.29, 0.717) is 23.5 Å². The maximum absolute atomic E-state index is 13.4. The van der Waals surface area contributed by atoms with Crippen molar-refractivity contribution in [1.29, 1.82) is 0 Å². The predicted molar refractivity (Wildman–Crippen MR) is 88.0 cm³/mol. The quantitative estimate of drug-likeness (QED) is 0.798. The SMILES string of the molecule is COCc1cccc(NC(=O)c2cc3ccc(F)cc3n2C)c1. The van der Waals surface area contributed by atoms with Crippen molar-refractivity contribution < 1.29 is 13.9 Å². The molecular weight excluding hydrogens is 295 g/mol. The third-order valence-electron chi connectivity index (χ3n) is 3.74. The van der Waals surface area contributed by atoms with Crippen molar-refractivity contribution in [3.63, 3.8) is 0 Å². The number of methoxy groups -OCH3 is 1. The van der Waals surface area contributed by atoms with Crippen molar-refractivity contribution in [1.82, 2.24) is 4.57 Å². The average molecular weight is 312 g/mol. The van der Waals surface area contributed by atoms with E-state index in [2.05, 4.69) is 5.32 Å². The Kier molecular flexibility index (Phi) is 4.12. The molecule has 3 aromatic rings. The van der Waals surface area contributed by atoms with Gasteiger partial charge in [-0.15, -0.1) is 0 Å².